The van der Waals surface area contributed by atoms with Gasteiger partial charge in [-0.1, -0.05) is 46.6 Å². The lowest BCUT2D eigenvalue weighted by molar-refractivity contribution is -0.250. The lowest BCUT2D eigenvalue weighted by Crippen LogP contribution is -2.62. The third-order valence-electron chi connectivity index (χ3n) is 9.50. The molecule has 8 heteroatoms. The number of nitrogens with zero attached hydrogens (tertiary/aromatic N) is 2. The van der Waals surface area contributed by atoms with Gasteiger partial charge in [0.2, 0.25) is 0 Å². The molecular weight excluding hydrogens is 539 g/mol. The smallest absolute Gasteiger partial charge is 0.145 e. The Morgan fingerprint density at radius 3 is 2.45 bits per heavy atom. The fourth-order valence-electron chi connectivity index (χ4n) is 7.76. The largest absolute Gasteiger partial charge is 0.382 e. The zero-order valence-corrected chi connectivity index (χ0v) is 23.2. The molecule has 0 aliphatic heterocycles. The highest BCUT2D eigenvalue weighted by atomic mass is 35.5. The van der Waals surface area contributed by atoms with Gasteiger partial charge < -0.3 is 14.4 Å². The molecule has 0 amide bonds. The van der Waals surface area contributed by atoms with Crippen molar-refractivity contribution in [1.82, 2.24) is 10.1 Å². The number of hydrogen-bond donors (Lipinski definition) is 1. The lowest BCUT2D eigenvalue weighted by Gasteiger charge is -2.62. The van der Waals surface area contributed by atoms with Crippen LogP contribution in [0.5, 0.6) is 0 Å². The molecule has 5 nitrogen and oxygen atoms in total. The summed E-state index contributed by atoms with van der Waals surface area (Å²) in [5.41, 5.74) is 2.23. The number of aliphatic hydroxyl groups is 1. The first kappa shape index (κ1) is 23.9. The van der Waals surface area contributed by atoms with E-state index in [9.17, 15) is 5.11 Å². The van der Waals surface area contributed by atoms with Gasteiger partial charge in [0.15, 0.2) is 0 Å². The summed E-state index contributed by atoms with van der Waals surface area (Å²) in [5, 5.41) is 18.7. The molecule has 0 radical (unpaired) electrons. The molecule has 5 fully saturated rings. The van der Waals surface area contributed by atoms with Crippen LogP contribution in [-0.4, -0.2) is 20.8 Å². The normalized spacial score (nSPS) is 31.9. The highest BCUT2D eigenvalue weighted by Gasteiger charge is 2.64. The first-order chi connectivity index (χ1) is 18.4. The molecule has 5 atom stereocenters. The Labute approximate surface area is 235 Å². The second-order valence-electron chi connectivity index (χ2n) is 11.9. The van der Waals surface area contributed by atoms with Crippen molar-refractivity contribution in [2.75, 3.05) is 0 Å². The maximum absolute atomic E-state index is 12.2. The predicted molar refractivity (Wildman–Crippen MR) is 149 cm³/mol. The van der Waals surface area contributed by atoms with E-state index in [4.69, 9.17) is 37.4 Å². The number of hydrogen-bond acceptors (Lipinski definition) is 6. The highest BCUT2D eigenvalue weighted by molar-refractivity contribution is 7.18. The SMILES string of the molecule is OC1(c2nc3ccccc3s2)C2CC3C[C@H]1CC(OCc1c(-c4c(Cl)cccc4Cl)noc1C1CC1)(C3)C2. The van der Waals surface area contributed by atoms with Crippen LogP contribution in [0.4, 0.5) is 0 Å². The second kappa shape index (κ2) is 8.52. The summed E-state index contributed by atoms with van der Waals surface area (Å²) in [7, 11) is 0. The van der Waals surface area contributed by atoms with Crippen LogP contribution in [0.25, 0.3) is 21.5 Å². The molecule has 2 aromatic heterocycles. The molecule has 38 heavy (non-hydrogen) atoms. The molecular formula is C30H28Cl2N2O3S. The lowest BCUT2D eigenvalue weighted by atomic mass is 9.48. The Morgan fingerprint density at radius 1 is 1.00 bits per heavy atom. The van der Waals surface area contributed by atoms with E-state index in [1.165, 1.54) is 0 Å². The van der Waals surface area contributed by atoms with E-state index in [1.807, 2.05) is 36.4 Å². The molecule has 9 rings (SSSR count). The number of ether oxygens (including phenoxy) is 1. The highest BCUT2D eigenvalue weighted by Crippen LogP contribution is 2.65. The van der Waals surface area contributed by atoms with Crippen LogP contribution in [0.15, 0.2) is 47.0 Å². The van der Waals surface area contributed by atoms with Crippen LogP contribution in [0, 0.1) is 17.8 Å². The van der Waals surface area contributed by atoms with Crippen molar-refractivity contribution in [2.24, 2.45) is 17.8 Å². The van der Waals surface area contributed by atoms with Crippen molar-refractivity contribution >= 4 is 44.8 Å². The Kier molecular flexibility index (Phi) is 5.35. The summed E-state index contributed by atoms with van der Waals surface area (Å²) in [6.45, 7) is 0.415. The molecule has 196 valence electrons. The molecule has 0 spiro atoms. The summed E-state index contributed by atoms with van der Waals surface area (Å²) in [6, 6.07) is 13.7. The fraction of sp³-hybridized carbons (Fsp3) is 0.467. The molecule has 4 aromatic rings. The molecule has 5 saturated carbocycles. The summed E-state index contributed by atoms with van der Waals surface area (Å²) in [6.07, 6.45) is 7.01. The molecule has 5 aliphatic rings. The van der Waals surface area contributed by atoms with Gasteiger partial charge in [-0.15, -0.1) is 11.3 Å². The number of fused-ring (bicyclic) bond motifs is 1. The molecule has 0 saturated heterocycles. The first-order valence-electron chi connectivity index (χ1n) is 13.6. The fourth-order valence-corrected chi connectivity index (χ4v) is 9.55. The van der Waals surface area contributed by atoms with E-state index in [-0.39, 0.29) is 17.4 Å². The van der Waals surface area contributed by atoms with Gasteiger partial charge in [-0.05, 0) is 87.0 Å². The number of thiazole rings is 1. The molecule has 5 aliphatic carbocycles. The maximum Gasteiger partial charge on any atom is 0.145 e. The predicted octanol–water partition coefficient (Wildman–Crippen LogP) is 8.12. The van der Waals surface area contributed by atoms with E-state index in [2.05, 4.69) is 11.2 Å². The van der Waals surface area contributed by atoms with Crippen molar-refractivity contribution in [1.29, 1.82) is 0 Å². The van der Waals surface area contributed by atoms with E-state index in [1.54, 1.807) is 11.3 Å². The minimum Gasteiger partial charge on any atom is -0.382 e. The maximum atomic E-state index is 12.2. The quantitative estimate of drug-likeness (QED) is 0.255. The molecule has 2 heterocycles. The monoisotopic (exact) mass is 566 g/mol. The van der Waals surface area contributed by atoms with Crippen LogP contribution >= 0.6 is 34.5 Å². The average molecular weight is 568 g/mol. The molecule has 4 bridgehead atoms. The van der Waals surface area contributed by atoms with Crippen molar-refractivity contribution in [3.8, 4) is 11.3 Å². The summed E-state index contributed by atoms with van der Waals surface area (Å²) >= 11 is 14.8. The van der Waals surface area contributed by atoms with Gasteiger partial charge in [-0.3, -0.25) is 0 Å². The number of para-hydroxylation sites is 1. The van der Waals surface area contributed by atoms with Gasteiger partial charge in [0.25, 0.3) is 0 Å². The summed E-state index contributed by atoms with van der Waals surface area (Å²) in [4.78, 5) is 4.92. The number of benzene rings is 2. The topological polar surface area (TPSA) is 68.4 Å². The van der Waals surface area contributed by atoms with Gasteiger partial charge in [0.1, 0.15) is 22.1 Å². The van der Waals surface area contributed by atoms with Gasteiger partial charge in [0.05, 0.1) is 32.5 Å². The summed E-state index contributed by atoms with van der Waals surface area (Å²) in [5.74, 6) is 2.17. The minimum absolute atomic E-state index is 0.150. The Morgan fingerprint density at radius 2 is 1.74 bits per heavy atom. The number of aromatic nitrogens is 2. The van der Waals surface area contributed by atoms with Crippen LogP contribution in [0.3, 0.4) is 0 Å². The summed E-state index contributed by atoms with van der Waals surface area (Å²) < 4.78 is 13.9. The zero-order chi connectivity index (χ0) is 25.6. The van der Waals surface area contributed by atoms with Crippen LogP contribution in [-0.2, 0) is 16.9 Å². The molecule has 1 N–H and O–H groups in total. The Balaban J connectivity index is 1.11. The van der Waals surface area contributed by atoms with Gasteiger partial charge >= 0.3 is 0 Å². The molecule has 2 aromatic carbocycles. The van der Waals surface area contributed by atoms with E-state index < -0.39 is 5.60 Å². The van der Waals surface area contributed by atoms with E-state index >= 15 is 0 Å². The van der Waals surface area contributed by atoms with Crippen molar-refractivity contribution in [2.45, 2.75) is 68.7 Å². The third-order valence-corrected chi connectivity index (χ3v) is 11.3. The zero-order valence-electron chi connectivity index (χ0n) is 20.8. The van der Waals surface area contributed by atoms with Crippen molar-refractivity contribution < 1.29 is 14.4 Å². The molecule has 4 unspecified atom stereocenters. The standard InChI is InChI=1S/C30H28Cl2N2O3S/c31-21-4-3-5-22(32)25(21)26-20(27(37-34-26)17-8-9-17)15-36-29-12-16-10-18(13-29)30(35,19(11-16)14-29)28-33-23-6-1-2-7-24(23)38-28/h1-7,16-19,35H,8-15H2/t16?,18-,19?,29?,30?/m0/s1. The van der Waals surface area contributed by atoms with Gasteiger partial charge in [-0.2, -0.15) is 0 Å². The van der Waals surface area contributed by atoms with Crippen LogP contribution in [0.1, 0.15) is 67.2 Å². The van der Waals surface area contributed by atoms with Gasteiger partial charge in [0, 0.05) is 17.0 Å². The van der Waals surface area contributed by atoms with E-state index in [0.717, 1.165) is 71.5 Å². The minimum atomic E-state index is -0.875. The average Bonchev–Trinajstić information content (AvgIpc) is 3.50. The number of rotatable bonds is 6. The van der Waals surface area contributed by atoms with Gasteiger partial charge in [-0.25, -0.2) is 4.98 Å². The first-order valence-corrected chi connectivity index (χ1v) is 15.2. The second-order valence-corrected chi connectivity index (χ2v) is 13.7. The third kappa shape index (κ3) is 3.57. The van der Waals surface area contributed by atoms with Crippen LogP contribution < -0.4 is 0 Å². The Bertz CT molecular complexity index is 1490. The number of halogens is 2. The van der Waals surface area contributed by atoms with E-state index in [0.29, 0.717) is 39.7 Å². The van der Waals surface area contributed by atoms with Crippen molar-refractivity contribution in [3.63, 3.8) is 0 Å². The van der Waals surface area contributed by atoms with Crippen LogP contribution in [0.2, 0.25) is 10.0 Å². The van der Waals surface area contributed by atoms with Crippen molar-refractivity contribution in [3.05, 3.63) is 68.8 Å². The Hall–Kier alpha value is -1.96.